The Morgan fingerprint density at radius 2 is 1.66 bits per heavy atom. The van der Waals surface area contributed by atoms with Crippen LogP contribution in [0, 0.1) is 12.8 Å². The molecule has 0 saturated carbocycles. The van der Waals surface area contributed by atoms with Crippen molar-refractivity contribution in [1.82, 2.24) is 4.98 Å². The molecule has 4 rings (SSSR count). The average molecular weight is 385 g/mol. The molecule has 1 aromatic heterocycles. The Bertz CT molecular complexity index is 999. The third-order valence-corrected chi connectivity index (χ3v) is 5.22. The summed E-state index contributed by atoms with van der Waals surface area (Å²) in [5.41, 5.74) is 5.08. The highest BCUT2D eigenvalue weighted by atomic mass is 16.2. The first-order valence-electron chi connectivity index (χ1n) is 9.74. The maximum absolute atomic E-state index is 12.7. The number of aromatic nitrogens is 1. The van der Waals surface area contributed by atoms with Crippen LogP contribution < -0.4 is 10.2 Å². The number of hydrogen-bond donors (Lipinski definition) is 1. The van der Waals surface area contributed by atoms with Gasteiger partial charge in [-0.15, -0.1) is 0 Å². The fourth-order valence-electron chi connectivity index (χ4n) is 3.54. The van der Waals surface area contributed by atoms with E-state index in [9.17, 15) is 9.59 Å². The van der Waals surface area contributed by atoms with Gasteiger partial charge in [0, 0.05) is 36.7 Å². The summed E-state index contributed by atoms with van der Waals surface area (Å²) in [6.07, 6.45) is 4.62. The summed E-state index contributed by atoms with van der Waals surface area (Å²) in [6, 6.07) is 19.6. The Morgan fingerprint density at radius 1 is 1.00 bits per heavy atom. The Morgan fingerprint density at radius 3 is 2.34 bits per heavy atom. The first-order valence-corrected chi connectivity index (χ1v) is 9.74. The lowest BCUT2D eigenvalue weighted by Crippen LogP contribution is -2.28. The number of nitrogens with one attached hydrogen (secondary N) is 1. The molecule has 5 heteroatoms. The van der Waals surface area contributed by atoms with Crippen LogP contribution in [-0.2, 0) is 16.0 Å². The number of aryl methyl sites for hydroxylation is 1. The minimum absolute atomic E-state index is 0.0123. The Hall–Kier alpha value is -3.47. The van der Waals surface area contributed by atoms with Gasteiger partial charge in [0.1, 0.15) is 0 Å². The molecule has 2 amide bonds. The summed E-state index contributed by atoms with van der Waals surface area (Å²) in [6.45, 7) is 2.42. The van der Waals surface area contributed by atoms with Crippen molar-refractivity contribution in [3.8, 4) is 0 Å². The standard InChI is InChI=1S/C24H23N3O2/c1-17-2-8-22(9-3-17)27-16-20(15-23(27)28)24(29)26-21-6-4-18(5-7-21)14-19-10-12-25-13-11-19/h2-13,20H,14-16H2,1H3,(H,26,29). The molecule has 1 N–H and O–H groups in total. The third kappa shape index (κ3) is 4.51. The fraction of sp³-hybridized carbons (Fsp3) is 0.208. The van der Waals surface area contributed by atoms with Gasteiger partial charge in [0.05, 0.1) is 5.92 Å². The van der Waals surface area contributed by atoms with Gasteiger partial charge in [0.15, 0.2) is 0 Å². The molecule has 29 heavy (non-hydrogen) atoms. The van der Waals surface area contributed by atoms with E-state index in [0.29, 0.717) is 6.54 Å². The molecule has 0 bridgehead atoms. The molecule has 2 heterocycles. The van der Waals surface area contributed by atoms with E-state index in [2.05, 4.69) is 10.3 Å². The van der Waals surface area contributed by atoms with Crippen LogP contribution >= 0.6 is 0 Å². The number of amides is 2. The lowest BCUT2D eigenvalue weighted by atomic mass is 10.1. The fourth-order valence-corrected chi connectivity index (χ4v) is 3.54. The average Bonchev–Trinajstić information content (AvgIpc) is 3.13. The second kappa shape index (κ2) is 8.27. The molecule has 1 saturated heterocycles. The molecule has 1 unspecified atom stereocenters. The topological polar surface area (TPSA) is 62.3 Å². The lowest BCUT2D eigenvalue weighted by Gasteiger charge is -2.17. The van der Waals surface area contributed by atoms with Gasteiger partial charge in [-0.1, -0.05) is 29.8 Å². The highest BCUT2D eigenvalue weighted by Crippen LogP contribution is 2.26. The molecule has 146 valence electrons. The molecular formula is C24H23N3O2. The predicted octanol–water partition coefficient (Wildman–Crippen LogP) is 3.97. The Balaban J connectivity index is 1.37. The summed E-state index contributed by atoms with van der Waals surface area (Å²) in [7, 11) is 0. The SMILES string of the molecule is Cc1ccc(N2CC(C(=O)Nc3ccc(Cc4ccncc4)cc3)CC2=O)cc1. The van der Waals surface area contributed by atoms with Crippen LogP contribution in [0.4, 0.5) is 11.4 Å². The number of carbonyl (C=O) groups is 2. The van der Waals surface area contributed by atoms with E-state index >= 15 is 0 Å². The minimum atomic E-state index is -0.347. The summed E-state index contributed by atoms with van der Waals surface area (Å²) in [5.74, 6) is -0.475. The van der Waals surface area contributed by atoms with Gasteiger partial charge >= 0.3 is 0 Å². The van der Waals surface area contributed by atoms with Gasteiger partial charge in [-0.25, -0.2) is 0 Å². The largest absolute Gasteiger partial charge is 0.326 e. The van der Waals surface area contributed by atoms with Crippen LogP contribution in [0.25, 0.3) is 0 Å². The number of nitrogens with zero attached hydrogens (tertiary/aromatic N) is 2. The van der Waals surface area contributed by atoms with E-state index in [0.717, 1.165) is 28.9 Å². The molecule has 5 nitrogen and oxygen atoms in total. The first-order chi connectivity index (χ1) is 14.1. The molecule has 1 atom stereocenters. The number of pyridine rings is 1. The van der Waals surface area contributed by atoms with Crippen molar-refractivity contribution >= 4 is 23.2 Å². The maximum Gasteiger partial charge on any atom is 0.229 e. The number of hydrogen-bond acceptors (Lipinski definition) is 3. The molecular weight excluding hydrogens is 362 g/mol. The summed E-state index contributed by atoms with van der Waals surface area (Å²) in [4.78, 5) is 30.8. The van der Waals surface area contributed by atoms with Crippen LogP contribution in [-0.4, -0.2) is 23.3 Å². The van der Waals surface area contributed by atoms with Gasteiger partial charge in [-0.3, -0.25) is 14.6 Å². The molecule has 0 spiro atoms. The quantitative estimate of drug-likeness (QED) is 0.723. The molecule has 2 aromatic carbocycles. The second-order valence-corrected chi connectivity index (χ2v) is 7.46. The lowest BCUT2D eigenvalue weighted by molar-refractivity contribution is -0.122. The van der Waals surface area contributed by atoms with E-state index in [1.807, 2.05) is 67.6 Å². The van der Waals surface area contributed by atoms with Gasteiger partial charge in [0.25, 0.3) is 0 Å². The van der Waals surface area contributed by atoms with E-state index in [1.54, 1.807) is 17.3 Å². The zero-order valence-electron chi connectivity index (χ0n) is 16.3. The Labute approximate surface area is 170 Å². The van der Waals surface area contributed by atoms with Crippen molar-refractivity contribution in [2.75, 3.05) is 16.8 Å². The Kier molecular flexibility index (Phi) is 5.38. The van der Waals surface area contributed by atoms with Gasteiger partial charge in [-0.2, -0.15) is 0 Å². The van der Waals surface area contributed by atoms with Gasteiger partial charge in [-0.05, 0) is 60.9 Å². The van der Waals surface area contributed by atoms with Crippen molar-refractivity contribution in [3.63, 3.8) is 0 Å². The van der Waals surface area contributed by atoms with E-state index in [-0.39, 0.29) is 24.2 Å². The van der Waals surface area contributed by atoms with Crippen molar-refractivity contribution < 1.29 is 9.59 Å². The van der Waals surface area contributed by atoms with Gasteiger partial charge < -0.3 is 10.2 Å². The maximum atomic E-state index is 12.7. The monoisotopic (exact) mass is 385 g/mol. The van der Waals surface area contributed by atoms with Crippen molar-refractivity contribution in [1.29, 1.82) is 0 Å². The normalized spacial score (nSPS) is 16.1. The molecule has 1 fully saturated rings. The van der Waals surface area contributed by atoms with Crippen molar-refractivity contribution in [2.24, 2.45) is 5.92 Å². The second-order valence-electron chi connectivity index (χ2n) is 7.46. The molecule has 0 aliphatic carbocycles. The van der Waals surface area contributed by atoms with Crippen LogP contribution in [0.15, 0.2) is 73.1 Å². The zero-order chi connectivity index (χ0) is 20.2. The molecule has 0 radical (unpaired) electrons. The summed E-state index contributed by atoms with van der Waals surface area (Å²) in [5, 5.41) is 2.95. The number of carbonyl (C=O) groups excluding carboxylic acids is 2. The first kappa shape index (κ1) is 18.9. The van der Waals surface area contributed by atoms with E-state index < -0.39 is 0 Å². The van der Waals surface area contributed by atoms with Crippen molar-refractivity contribution in [3.05, 3.63) is 89.7 Å². The van der Waals surface area contributed by atoms with E-state index in [4.69, 9.17) is 0 Å². The van der Waals surface area contributed by atoms with Crippen LogP contribution in [0.1, 0.15) is 23.1 Å². The number of anilines is 2. The number of rotatable bonds is 5. The van der Waals surface area contributed by atoms with Crippen LogP contribution in [0.2, 0.25) is 0 Å². The predicted molar refractivity (Wildman–Crippen MR) is 114 cm³/mol. The molecule has 1 aliphatic heterocycles. The highest BCUT2D eigenvalue weighted by molar-refractivity contribution is 6.03. The third-order valence-electron chi connectivity index (χ3n) is 5.22. The smallest absolute Gasteiger partial charge is 0.229 e. The van der Waals surface area contributed by atoms with Crippen LogP contribution in [0.3, 0.4) is 0 Å². The summed E-state index contributed by atoms with van der Waals surface area (Å²) >= 11 is 0. The summed E-state index contributed by atoms with van der Waals surface area (Å²) < 4.78 is 0. The molecule has 3 aromatic rings. The zero-order valence-corrected chi connectivity index (χ0v) is 16.3. The highest BCUT2D eigenvalue weighted by Gasteiger charge is 2.35. The number of benzene rings is 2. The van der Waals surface area contributed by atoms with E-state index in [1.165, 1.54) is 5.56 Å². The molecule has 1 aliphatic rings. The van der Waals surface area contributed by atoms with Crippen molar-refractivity contribution in [2.45, 2.75) is 19.8 Å². The van der Waals surface area contributed by atoms with Gasteiger partial charge in [0.2, 0.25) is 11.8 Å². The minimum Gasteiger partial charge on any atom is -0.326 e. The van der Waals surface area contributed by atoms with Crippen LogP contribution in [0.5, 0.6) is 0 Å².